The SMILES string of the molecule is COc1ccc(C)cc1C(=O)OCC(=O)N[C@@H]1CCCC[C@@H]1C. The normalized spacial score (nSPS) is 20.7. The third kappa shape index (κ3) is 4.71. The maximum Gasteiger partial charge on any atom is 0.342 e. The minimum atomic E-state index is -0.544. The molecule has 1 aromatic carbocycles. The number of hydrogen-bond acceptors (Lipinski definition) is 4. The van der Waals surface area contributed by atoms with Gasteiger partial charge in [0.1, 0.15) is 11.3 Å². The maximum atomic E-state index is 12.2. The first-order valence-electron chi connectivity index (χ1n) is 8.12. The Morgan fingerprint density at radius 2 is 2.00 bits per heavy atom. The summed E-state index contributed by atoms with van der Waals surface area (Å²) in [6.45, 7) is 3.76. The summed E-state index contributed by atoms with van der Waals surface area (Å²) in [6.07, 6.45) is 4.48. The van der Waals surface area contributed by atoms with Gasteiger partial charge in [-0.1, -0.05) is 31.4 Å². The van der Waals surface area contributed by atoms with Crippen LogP contribution in [0.5, 0.6) is 5.75 Å². The average Bonchev–Trinajstić information content (AvgIpc) is 2.54. The van der Waals surface area contributed by atoms with Crippen molar-refractivity contribution in [1.82, 2.24) is 5.32 Å². The molecule has 1 aliphatic rings. The van der Waals surface area contributed by atoms with Gasteiger partial charge in [-0.25, -0.2) is 4.79 Å². The van der Waals surface area contributed by atoms with Gasteiger partial charge in [0.05, 0.1) is 7.11 Å². The molecule has 0 heterocycles. The molecular weight excluding hydrogens is 294 g/mol. The van der Waals surface area contributed by atoms with Gasteiger partial charge in [0, 0.05) is 6.04 Å². The van der Waals surface area contributed by atoms with E-state index in [2.05, 4.69) is 12.2 Å². The van der Waals surface area contributed by atoms with Crippen molar-refractivity contribution in [3.63, 3.8) is 0 Å². The number of aryl methyl sites for hydroxylation is 1. The lowest BCUT2D eigenvalue weighted by atomic mass is 9.86. The number of hydrogen-bond donors (Lipinski definition) is 1. The van der Waals surface area contributed by atoms with E-state index in [1.807, 2.05) is 13.0 Å². The summed E-state index contributed by atoms with van der Waals surface area (Å²) < 4.78 is 10.3. The largest absolute Gasteiger partial charge is 0.496 e. The van der Waals surface area contributed by atoms with E-state index >= 15 is 0 Å². The Hall–Kier alpha value is -2.04. The average molecular weight is 319 g/mol. The van der Waals surface area contributed by atoms with Crippen molar-refractivity contribution in [1.29, 1.82) is 0 Å². The Balaban J connectivity index is 1.88. The van der Waals surface area contributed by atoms with Crippen LogP contribution in [0.4, 0.5) is 0 Å². The Kier molecular flexibility index (Phi) is 6.02. The van der Waals surface area contributed by atoms with Crippen molar-refractivity contribution < 1.29 is 19.1 Å². The fourth-order valence-electron chi connectivity index (χ4n) is 2.97. The monoisotopic (exact) mass is 319 g/mol. The molecular formula is C18H25NO4. The quantitative estimate of drug-likeness (QED) is 0.848. The molecule has 0 spiro atoms. The first-order valence-corrected chi connectivity index (χ1v) is 8.12. The molecule has 1 fully saturated rings. The van der Waals surface area contributed by atoms with E-state index < -0.39 is 5.97 Å². The molecule has 0 unspecified atom stereocenters. The molecule has 5 nitrogen and oxygen atoms in total. The highest BCUT2D eigenvalue weighted by molar-refractivity contribution is 5.94. The number of nitrogens with one attached hydrogen (secondary N) is 1. The zero-order valence-electron chi connectivity index (χ0n) is 14.1. The van der Waals surface area contributed by atoms with Crippen LogP contribution >= 0.6 is 0 Å². The Morgan fingerprint density at radius 1 is 1.26 bits per heavy atom. The van der Waals surface area contributed by atoms with Crippen LogP contribution in [0.3, 0.4) is 0 Å². The first kappa shape index (κ1) is 17.3. The van der Waals surface area contributed by atoms with Crippen LogP contribution in [0.2, 0.25) is 0 Å². The number of esters is 1. The highest BCUT2D eigenvalue weighted by Crippen LogP contribution is 2.24. The second-order valence-corrected chi connectivity index (χ2v) is 6.22. The van der Waals surface area contributed by atoms with Gasteiger partial charge in [0.2, 0.25) is 0 Å². The minimum Gasteiger partial charge on any atom is -0.496 e. The van der Waals surface area contributed by atoms with E-state index in [0.29, 0.717) is 17.2 Å². The first-order chi connectivity index (χ1) is 11.0. The molecule has 1 aromatic rings. The highest BCUT2D eigenvalue weighted by Gasteiger charge is 2.23. The molecule has 1 amide bonds. The number of amides is 1. The van der Waals surface area contributed by atoms with Crippen LogP contribution < -0.4 is 10.1 Å². The smallest absolute Gasteiger partial charge is 0.342 e. The summed E-state index contributed by atoms with van der Waals surface area (Å²) in [5.41, 5.74) is 1.27. The molecule has 0 bridgehead atoms. The predicted molar refractivity (Wildman–Crippen MR) is 87.6 cm³/mol. The van der Waals surface area contributed by atoms with Crippen molar-refractivity contribution in [2.45, 2.75) is 45.6 Å². The second kappa shape index (κ2) is 7.99. The fourth-order valence-corrected chi connectivity index (χ4v) is 2.97. The molecule has 126 valence electrons. The summed E-state index contributed by atoms with van der Waals surface area (Å²) in [5, 5.41) is 2.97. The lowest BCUT2D eigenvalue weighted by molar-refractivity contribution is -0.125. The molecule has 0 radical (unpaired) electrons. The molecule has 1 saturated carbocycles. The number of methoxy groups -OCH3 is 1. The summed E-state index contributed by atoms with van der Waals surface area (Å²) in [6, 6.07) is 5.45. The molecule has 1 N–H and O–H groups in total. The molecule has 0 saturated heterocycles. The number of rotatable bonds is 5. The number of benzene rings is 1. The summed E-state index contributed by atoms with van der Waals surface area (Å²) in [5.74, 6) is 0.128. The Morgan fingerprint density at radius 3 is 2.70 bits per heavy atom. The van der Waals surface area contributed by atoms with Crippen molar-refractivity contribution in [3.05, 3.63) is 29.3 Å². The molecule has 23 heavy (non-hydrogen) atoms. The van der Waals surface area contributed by atoms with Gasteiger partial charge in [-0.05, 0) is 37.8 Å². The van der Waals surface area contributed by atoms with E-state index in [9.17, 15) is 9.59 Å². The van der Waals surface area contributed by atoms with Crippen LogP contribution in [-0.2, 0) is 9.53 Å². The van der Waals surface area contributed by atoms with Gasteiger partial charge in [-0.15, -0.1) is 0 Å². The van der Waals surface area contributed by atoms with E-state index in [1.165, 1.54) is 13.5 Å². The van der Waals surface area contributed by atoms with Crippen molar-refractivity contribution >= 4 is 11.9 Å². The summed E-state index contributed by atoms with van der Waals surface area (Å²) in [4.78, 5) is 24.1. The molecule has 2 rings (SSSR count). The molecule has 1 aliphatic carbocycles. The number of ether oxygens (including phenoxy) is 2. The lowest BCUT2D eigenvalue weighted by Gasteiger charge is -2.29. The van der Waals surface area contributed by atoms with Crippen molar-refractivity contribution in [2.24, 2.45) is 5.92 Å². The predicted octanol–water partition coefficient (Wildman–Crippen LogP) is 2.86. The molecule has 0 aliphatic heterocycles. The van der Waals surface area contributed by atoms with Crippen LogP contribution in [0, 0.1) is 12.8 Å². The Bertz CT molecular complexity index is 570. The van der Waals surface area contributed by atoms with E-state index in [0.717, 1.165) is 24.8 Å². The van der Waals surface area contributed by atoms with Crippen LogP contribution in [0.1, 0.15) is 48.5 Å². The molecule has 2 atom stereocenters. The van der Waals surface area contributed by atoms with Gasteiger partial charge in [0.25, 0.3) is 5.91 Å². The number of carbonyl (C=O) groups is 2. The fraction of sp³-hybridized carbons (Fsp3) is 0.556. The van der Waals surface area contributed by atoms with Crippen molar-refractivity contribution in [3.8, 4) is 5.75 Å². The zero-order valence-corrected chi connectivity index (χ0v) is 14.1. The van der Waals surface area contributed by atoms with E-state index in [1.54, 1.807) is 12.1 Å². The van der Waals surface area contributed by atoms with Crippen LogP contribution in [0.15, 0.2) is 18.2 Å². The standard InChI is InChI=1S/C18H25NO4/c1-12-8-9-16(22-3)14(10-12)18(21)23-11-17(20)19-15-7-5-4-6-13(15)2/h8-10,13,15H,4-7,11H2,1-3H3,(H,19,20)/t13-,15+/m0/s1. The van der Waals surface area contributed by atoms with Crippen LogP contribution in [-0.4, -0.2) is 31.6 Å². The van der Waals surface area contributed by atoms with Gasteiger partial charge in [-0.2, -0.15) is 0 Å². The maximum absolute atomic E-state index is 12.2. The Labute approximate surface area is 137 Å². The van der Waals surface area contributed by atoms with Crippen LogP contribution in [0.25, 0.3) is 0 Å². The third-order valence-electron chi connectivity index (χ3n) is 4.37. The minimum absolute atomic E-state index is 0.184. The van der Waals surface area contributed by atoms with Gasteiger partial charge >= 0.3 is 5.97 Å². The molecule has 0 aromatic heterocycles. The zero-order chi connectivity index (χ0) is 16.8. The molecule has 5 heteroatoms. The van der Waals surface area contributed by atoms with Crippen molar-refractivity contribution in [2.75, 3.05) is 13.7 Å². The van der Waals surface area contributed by atoms with E-state index in [-0.39, 0.29) is 18.6 Å². The summed E-state index contributed by atoms with van der Waals surface area (Å²) in [7, 11) is 1.50. The van der Waals surface area contributed by atoms with E-state index in [4.69, 9.17) is 9.47 Å². The third-order valence-corrected chi connectivity index (χ3v) is 4.37. The second-order valence-electron chi connectivity index (χ2n) is 6.22. The lowest BCUT2D eigenvalue weighted by Crippen LogP contribution is -2.42. The van der Waals surface area contributed by atoms with Gasteiger partial charge in [-0.3, -0.25) is 4.79 Å². The number of carbonyl (C=O) groups excluding carboxylic acids is 2. The topological polar surface area (TPSA) is 64.6 Å². The summed E-state index contributed by atoms with van der Waals surface area (Å²) >= 11 is 0. The van der Waals surface area contributed by atoms with Gasteiger partial charge in [0.15, 0.2) is 6.61 Å². The van der Waals surface area contributed by atoms with Gasteiger partial charge < -0.3 is 14.8 Å². The highest BCUT2D eigenvalue weighted by atomic mass is 16.5.